The number of carbonyl (C=O) groups is 2. The molecule has 86 valence electrons. The van der Waals surface area contributed by atoms with Crippen LogP contribution in [-0.4, -0.2) is 29.3 Å². The zero-order valence-corrected chi connectivity index (χ0v) is 8.87. The van der Waals surface area contributed by atoms with E-state index in [0.717, 1.165) is 12.8 Å². The minimum atomic E-state index is -1.13. The van der Waals surface area contributed by atoms with Crippen LogP contribution in [0.5, 0.6) is 0 Å². The Hall–Kier alpha value is -1.30. The molecular weight excluding hydrogens is 200 g/mol. The molecule has 0 heterocycles. The minimum absolute atomic E-state index is 0.267. The van der Waals surface area contributed by atoms with Crippen LogP contribution in [0.25, 0.3) is 0 Å². The molecule has 1 aliphatic carbocycles. The number of carboxylic acid groups (broad SMARTS) is 1. The van der Waals surface area contributed by atoms with Crippen molar-refractivity contribution >= 4 is 12.0 Å². The van der Waals surface area contributed by atoms with Gasteiger partial charge in [0.2, 0.25) is 0 Å². The maximum atomic E-state index is 11.2. The lowest BCUT2D eigenvalue weighted by atomic mass is 9.99. The second-order valence-electron chi connectivity index (χ2n) is 4.23. The fourth-order valence-electron chi connectivity index (χ4n) is 1.39. The average Bonchev–Trinajstić information content (AvgIpc) is 2.83. The highest BCUT2D eigenvalue weighted by molar-refractivity contribution is 5.74. The summed E-state index contributed by atoms with van der Waals surface area (Å²) in [6, 6.07) is -0.506. The SMILES string of the molecule is CC(C)(NC(=O)NOCC(=O)O)C1CC1. The van der Waals surface area contributed by atoms with Gasteiger partial charge in [-0.2, -0.15) is 0 Å². The van der Waals surface area contributed by atoms with E-state index in [1.165, 1.54) is 0 Å². The Morgan fingerprint density at radius 2 is 2.07 bits per heavy atom. The van der Waals surface area contributed by atoms with Crippen LogP contribution < -0.4 is 10.8 Å². The number of hydrogen-bond donors (Lipinski definition) is 3. The number of rotatable bonds is 5. The second-order valence-corrected chi connectivity index (χ2v) is 4.23. The number of carboxylic acids is 1. The van der Waals surface area contributed by atoms with E-state index in [0.29, 0.717) is 5.92 Å². The number of hydroxylamine groups is 1. The molecule has 2 amide bonds. The molecule has 3 N–H and O–H groups in total. The van der Waals surface area contributed by atoms with Gasteiger partial charge in [0.15, 0.2) is 6.61 Å². The lowest BCUT2D eigenvalue weighted by Crippen LogP contribution is -2.49. The summed E-state index contributed by atoms with van der Waals surface area (Å²) in [6.45, 7) is 3.32. The van der Waals surface area contributed by atoms with E-state index >= 15 is 0 Å². The van der Waals surface area contributed by atoms with Gasteiger partial charge >= 0.3 is 12.0 Å². The summed E-state index contributed by atoms with van der Waals surface area (Å²) in [5.74, 6) is -0.625. The van der Waals surface area contributed by atoms with Crippen LogP contribution >= 0.6 is 0 Å². The molecule has 0 saturated heterocycles. The Morgan fingerprint density at radius 1 is 1.47 bits per heavy atom. The van der Waals surface area contributed by atoms with Crippen LogP contribution in [0, 0.1) is 5.92 Å². The molecule has 6 nitrogen and oxygen atoms in total. The number of urea groups is 1. The van der Waals surface area contributed by atoms with Crippen molar-refractivity contribution in [3.63, 3.8) is 0 Å². The summed E-state index contributed by atoms with van der Waals surface area (Å²) < 4.78 is 0. The average molecular weight is 216 g/mol. The lowest BCUT2D eigenvalue weighted by Gasteiger charge is -2.25. The Morgan fingerprint density at radius 3 is 2.53 bits per heavy atom. The van der Waals surface area contributed by atoms with Crippen molar-refractivity contribution in [2.45, 2.75) is 32.2 Å². The Labute approximate surface area is 87.9 Å². The van der Waals surface area contributed by atoms with Crippen LogP contribution in [0.2, 0.25) is 0 Å². The van der Waals surface area contributed by atoms with Crippen molar-refractivity contribution < 1.29 is 19.5 Å². The van der Waals surface area contributed by atoms with Gasteiger partial charge in [0.25, 0.3) is 0 Å². The molecule has 0 aromatic rings. The maximum absolute atomic E-state index is 11.2. The highest BCUT2D eigenvalue weighted by atomic mass is 16.7. The third-order valence-electron chi connectivity index (χ3n) is 2.39. The van der Waals surface area contributed by atoms with Gasteiger partial charge in [-0.3, -0.25) is 4.84 Å². The van der Waals surface area contributed by atoms with Gasteiger partial charge < -0.3 is 10.4 Å². The largest absolute Gasteiger partial charge is 0.479 e. The first-order valence-electron chi connectivity index (χ1n) is 4.83. The maximum Gasteiger partial charge on any atom is 0.339 e. The van der Waals surface area contributed by atoms with Gasteiger partial charge in [0.05, 0.1) is 0 Å². The molecule has 0 atom stereocenters. The zero-order chi connectivity index (χ0) is 11.5. The molecule has 15 heavy (non-hydrogen) atoms. The van der Waals surface area contributed by atoms with E-state index < -0.39 is 18.6 Å². The molecule has 0 aliphatic heterocycles. The van der Waals surface area contributed by atoms with E-state index in [2.05, 4.69) is 10.2 Å². The lowest BCUT2D eigenvalue weighted by molar-refractivity contribution is -0.144. The highest BCUT2D eigenvalue weighted by Crippen LogP contribution is 2.38. The molecule has 0 spiro atoms. The summed E-state index contributed by atoms with van der Waals surface area (Å²) in [7, 11) is 0. The summed E-state index contributed by atoms with van der Waals surface area (Å²) in [5.41, 5.74) is 1.75. The third kappa shape index (κ3) is 4.16. The fraction of sp³-hybridized carbons (Fsp3) is 0.778. The van der Waals surface area contributed by atoms with E-state index in [9.17, 15) is 9.59 Å². The predicted molar refractivity (Wildman–Crippen MR) is 52.1 cm³/mol. The van der Waals surface area contributed by atoms with Gasteiger partial charge in [0.1, 0.15) is 0 Å². The summed E-state index contributed by atoms with van der Waals surface area (Å²) in [5, 5.41) is 11.0. The third-order valence-corrected chi connectivity index (χ3v) is 2.39. The molecule has 0 radical (unpaired) electrons. The number of carbonyl (C=O) groups excluding carboxylic acids is 1. The Kier molecular flexibility index (Phi) is 3.52. The molecule has 6 heteroatoms. The zero-order valence-electron chi connectivity index (χ0n) is 8.87. The van der Waals surface area contributed by atoms with Gasteiger partial charge in [-0.05, 0) is 32.6 Å². The van der Waals surface area contributed by atoms with Crippen molar-refractivity contribution in [1.29, 1.82) is 0 Å². The van der Waals surface area contributed by atoms with E-state index in [1.807, 2.05) is 19.3 Å². The van der Waals surface area contributed by atoms with Crippen molar-refractivity contribution in [1.82, 2.24) is 10.8 Å². The predicted octanol–water partition coefficient (Wildman–Crippen LogP) is 0.490. The second kappa shape index (κ2) is 4.48. The summed E-state index contributed by atoms with van der Waals surface area (Å²) in [4.78, 5) is 25.8. The van der Waals surface area contributed by atoms with Crippen LogP contribution in [0.1, 0.15) is 26.7 Å². The molecule has 0 bridgehead atoms. The van der Waals surface area contributed by atoms with Crippen molar-refractivity contribution in [3.8, 4) is 0 Å². The number of aliphatic carboxylic acids is 1. The van der Waals surface area contributed by atoms with E-state index in [1.54, 1.807) is 0 Å². The van der Waals surface area contributed by atoms with Crippen LogP contribution in [0.4, 0.5) is 4.79 Å². The first-order chi connectivity index (χ1) is 6.92. The monoisotopic (exact) mass is 216 g/mol. The Balaban J connectivity index is 2.20. The first kappa shape index (κ1) is 11.8. The molecular formula is C9H16N2O4. The van der Waals surface area contributed by atoms with Gasteiger partial charge in [-0.1, -0.05) is 0 Å². The highest BCUT2D eigenvalue weighted by Gasteiger charge is 2.38. The van der Waals surface area contributed by atoms with Crippen LogP contribution in [0.15, 0.2) is 0 Å². The Bertz CT molecular complexity index is 261. The summed E-state index contributed by atoms with van der Waals surface area (Å²) >= 11 is 0. The van der Waals surface area contributed by atoms with Crippen LogP contribution in [-0.2, 0) is 9.63 Å². The van der Waals surface area contributed by atoms with Gasteiger partial charge in [-0.25, -0.2) is 15.1 Å². The molecule has 1 aliphatic rings. The smallest absolute Gasteiger partial charge is 0.339 e. The fourth-order valence-corrected chi connectivity index (χ4v) is 1.39. The summed E-state index contributed by atoms with van der Waals surface area (Å²) in [6.07, 6.45) is 2.23. The molecule has 1 rings (SSSR count). The molecule has 0 aromatic carbocycles. The minimum Gasteiger partial charge on any atom is -0.479 e. The quantitative estimate of drug-likeness (QED) is 0.583. The van der Waals surface area contributed by atoms with Crippen molar-refractivity contribution in [2.75, 3.05) is 6.61 Å². The van der Waals surface area contributed by atoms with Crippen LogP contribution in [0.3, 0.4) is 0 Å². The molecule has 0 unspecified atom stereocenters. The normalized spacial score (nSPS) is 15.9. The van der Waals surface area contributed by atoms with Crippen molar-refractivity contribution in [3.05, 3.63) is 0 Å². The number of nitrogens with one attached hydrogen (secondary N) is 2. The molecule has 1 fully saturated rings. The molecule has 0 aromatic heterocycles. The first-order valence-corrected chi connectivity index (χ1v) is 4.83. The number of amides is 2. The molecule has 1 saturated carbocycles. The van der Waals surface area contributed by atoms with Gasteiger partial charge in [0, 0.05) is 5.54 Å². The topological polar surface area (TPSA) is 87.7 Å². The number of hydrogen-bond acceptors (Lipinski definition) is 3. The van der Waals surface area contributed by atoms with Gasteiger partial charge in [-0.15, -0.1) is 0 Å². The van der Waals surface area contributed by atoms with E-state index in [4.69, 9.17) is 5.11 Å². The standard InChI is InChI=1S/C9H16N2O4/c1-9(2,6-3-4-6)10-8(14)11-15-5-7(12)13/h6H,3-5H2,1-2H3,(H,12,13)(H2,10,11,14). The van der Waals surface area contributed by atoms with Crippen molar-refractivity contribution in [2.24, 2.45) is 5.92 Å². The van der Waals surface area contributed by atoms with E-state index in [-0.39, 0.29) is 5.54 Å².